The van der Waals surface area contributed by atoms with E-state index in [1.165, 1.54) is 0 Å². The third-order valence-electron chi connectivity index (χ3n) is 2.04. The molecule has 0 aliphatic rings. The molecule has 0 saturated carbocycles. The highest BCUT2D eigenvalue weighted by Gasteiger charge is 2.10. The van der Waals surface area contributed by atoms with Crippen LogP contribution in [0, 0.1) is 6.92 Å². The SMILES string of the molecule is Cc1cc(O)c(C(C)C)cc1[NH2+].[Cl-]. The number of aromatic hydroxyl groups is 1. The molecule has 1 rings (SSSR count). The van der Waals surface area contributed by atoms with Gasteiger partial charge in [-0.25, -0.2) is 0 Å². The van der Waals surface area contributed by atoms with Crippen LogP contribution in [0.4, 0.5) is 5.69 Å². The number of rotatable bonds is 1. The molecule has 2 nitrogen and oxygen atoms in total. The average Bonchev–Trinajstić information content (AvgIpc) is 1.96. The fourth-order valence-corrected chi connectivity index (χ4v) is 1.19. The van der Waals surface area contributed by atoms with Crippen molar-refractivity contribution >= 4 is 5.69 Å². The highest BCUT2D eigenvalue weighted by molar-refractivity contribution is 5.49. The van der Waals surface area contributed by atoms with Gasteiger partial charge in [-0.1, -0.05) is 13.8 Å². The van der Waals surface area contributed by atoms with Gasteiger partial charge in [-0.3, -0.25) is 0 Å². The van der Waals surface area contributed by atoms with E-state index >= 15 is 0 Å². The van der Waals surface area contributed by atoms with Crippen molar-refractivity contribution in [3.05, 3.63) is 23.3 Å². The number of aryl methyl sites for hydroxylation is 1. The number of phenolic OH excluding ortho intramolecular Hbond substituents is 1. The lowest BCUT2D eigenvalue weighted by Gasteiger charge is -2.08. The molecule has 1 aromatic carbocycles. The van der Waals surface area contributed by atoms with Crippen LogP contribution < -0.4 is 18.1 Å². The van der Waals surface area contributed by atoms with Gasteiger partial charge in [-0.15, -0.1) is 0 Å². The molecule has 13 heavy (non-hydrogen) atoms. The van der Waals surface area contributed by atoms with Crippen LogP contribution in [0.5, 0.6) is 5.75 Å². The summed E-state index contributed by atoms with van der Waals surface area (Å²) in [7, 11) is 0. The fraction of sp³-hybridized carbons (Fsp3) is 0.400. The number of nitrogens with two attached hydrogens (primary N) is 1. The largest absolute Gasteiger partial charge is 1.00 e. The van der Waals surface area contributed by atoms with Gasteiger partial charge in [-0.05, 0) is 18.9 Å². The lowest BCUT2D eigenvalue weighted by molar-refractivity contribution is -0.255. The van der Waals surface area contributed by atoms with Crippen molar-refractivity contribution in [1.29, 1.82) is 0 Å². The molecule has 0 saturated heterocycles. The Morgan fingerprint density at radius 1 is 1.31 bits per heavy atom. The van der Waals surface area contributed by atoms with E-state index in [-0.39, 0.29) is 12.4 Å². The monoisotopic (exact) mass is 200 g/mol. The maximum atomic E-state index is 9.53. The molecular formula is C10H15ClNO. The molecule has 73 valence electrons. The number of hydrogen-bond donors (Lipinski definition) is 2. The van der Waals surface area contributed by atoms with E-state index in [2.05, 4.69) is 0 Å². The third kappa shape index (κ3) is 2.61. The minimum atomic E-state index is 0. The van der Waals surface area contributed by atoms with E-state index in [9.17, 15) is 5.11 Å². The summed E-state index contributed by atoms with van der Waals surface area (Å²) < 4.78 is 0. The first-order valence-corrected chi connectivity index (χ1v) is 4.11. The number of benzene rings is 1. The molecule has 0 atom stereocenters. The van der Waals surface area contributed by atoms with Gasteiger partial charge in [0.1, 0.15) is 5.75 Å². The molecular weight excluding hydrogens is 186 g/mol. The van der Waals surface area contributed by atoms with Crippen LogP contribution in [0.1, 0.15) is 30.9 Å². The molecule has 0 bridgehead atoms. The summed E-state index contributed by atoms with van der Waals surface area (Å²) in [5.41, 5.74) is 8.31. The molecule has 3 N–H and O–H groups in total. The predicted molar refractivity (Wildman–Crippen MR) is 48.5 cm³/mol. The van der Waals surface area contributed by atoms with Crippen molar-refractivity contribution in [2.24, 2.45) is 0 Å². The van der Waals surface area contributed by atoms with Crippen LogP contribution >= 0.6 is 0 Å². The van der Waals surface area contributed by atoms with Crippen LogP contribution in [0.3, 0.4) is 0 Å². The zero-order valence-corrected chi connectivity index (χ0v) is 8.89. The molecule has 0 unspecified atom stereocenters. The van der Waals surface area contributed by atoms with Crippen molar-refractivity contribution in [3.63, 3.8) is 0 Å². The Morgan fingerprint density at radius 3 is 2.31 bits per heavy atom. The molecule has 3 heteroatoms. The van der Waals surface area contributed by atoms with Gasteiger partial charge in [-0.2, -0.15) is 5.73 Å². The average molecular weight is 201 g/mol. The van der Waals surface area contributed by atoms with Crippen LogP contribution in [-0.4, -0.2) is 5.11 Å². The predicted octanol–water partition coefficient (Wildman–Crippen LogP) is -1.51. The Labute approximate surface area is 85.2 Å². The van der Waals surface area contributed by atoms with E-state index in [1.54, 1.807) is 6.07 Å². The summed E-state index contributed by atoms with van der Waals surface area (Å²) in [6.45, 7) is 5.95. The zero-order valence-electron chi connectivity index (χ0n) is 8.13. The van der Waals surface area contributed by atoms with Crippen LogP contribution in [0.15, 0.2) is 12.1 Å². The maximum absolute atomic E-state index is 9.53. The van der Waals surface area contributed by atoms with E-state index in [4.69, 9.17) is 5.73 Å². The minimum Gasteiger partial charge on any atom is -1.00 e. The first-order chi connectivity index (χ1) is 5.52. The second-order valence-electron chi connectivity index (χ2n) is 3.42. The highest BCUT2D eigenvalue weighted by Crippen LogP contribution is 2.28. The number of hydrogen-bond acceptors (Lipinski definition) is 2. The van der Waals surface area contributed by atoms with E-state index in [0.29, 0.717) is 11.7 Å². The quantitative estimate of drug-likeness (QED) is 0.420. The Morgan fingerprint density at radius 2 is 1.85 bits per heavy atom. The van der Waals surface area contributed by atoms with Gasteiger partial charge in [0.2, 0.25) is 0 Å². The molecule has 0 aliphatic carbocycles. The topological polar surface area (TPSA) is 45.5 Å². The Bertz CT molecular complexity index is 297. The second-order valence-corrected chi connectivity index (χ2v) is 3.42. The first-order valence-electron chi connectivity index (χ1n) is 4.11. The lowest BCUT2D eigenvalue weighted by Crippen LogP contribution is -3.00. The molecule has 0 aromatic heterocycles. The Kier molecular flexibility index (Phi) is 4.24. The van der Waals surface area contributed by atoms with Gasteiger partial charge in [0.25, 0.3) is 0 Å². The van der Waals surface area contributed by atoms with Crippen molar-refractivity contribution in [2.75, 3.05) is 0 Å². The molecule has 0 aliphatic heterocycles. The van der Waals surface area contributed by atoms with E-state index < -0.39 is 0 Å². The van der Waals surface area contributed by atoms with Crippen molar-refractivity contribution < 1.29 is 23.2 Å². The molecule has 1 aromatic rings. The number of halogens is 1. The fourth-order valence-electron chi connectivity index (χ4n) is 1.19. The minimum absolute atomic E-state index is 0. The standard InChI is InChI=1S/C10H15NO.ClH/c1-6(2)8-5-9(11)7(3)4-10(8)12;/h4-6,12H,11H2,1-3H3;1H/q+1;/p-1. The third-order valence-corrected chi connectivity index (χ3v) is 2.04. The van der Waals surface area contributed by atoms with Gasteiger partial charge < -0.3 is 17.5 Å². The summed E-state index contributed by atoms with van der Waals surface area (Å²) in [6.07, 6.45) is 0. The smallest absolute Gasteiger partial charge is 0.180 e. The normalized spacial score (nSPS) is 9.92. The molecule has 0 fully saturated rings. The first kappa shape index (κ1) is 12.3. The summed E-state index contributed by atoms with van der Waals surface area (Å²) in [5, 5.41) is 9.53. The zero-order chi connectivity index (χ0) is 9.30. The Balaban J connectivity index is 0.00000144. The van der Waals surface area contributed by atoms with Crippen molar-refractivity contribution in [1.82, 2.24) is 0 Å². The molecule has 1 radical (unpaired) electrons. The number of nitrogen functional groups attached to an aromatic ring is 1. The van der Waals surface area contributed by atoms with Gasteiger partial charge in [0.15, 0.2) is 5.69 Å². The van der Waals surface area contributed by atoms with E-state index in [1.807, 2.05) is 26.8 Å². The Hall–Kier alpha value is -0.730. The number of anilines is 1. The van der Waals surface area contributed by atoms with Gasteiger partial charge in [0.05, 0.1) is 0 Å². The summed E-state index contributed by atoms with van der Waals surface area (Å²) >= 11 is 0. The van der Waals surface area contributed by atoms with Gasteiger partial charge >= 0.3 is 0 Å². The molecule has 0 heterocycles. The summed E-state index contributed by atoms with van der Waals surface area (Å²) in [6, 6.07) is 3.56. The second kappa shape index (κ2) is 4.49. The summed E-state index contributed by atoms with van der Waals surface area (Å²) in [5.74, 6) is 0.657. The number of phenols is 1. The summed E-state index contributed by atoms with van der Waals surface area (Å²) in [4.78, 5) is 0. The molecule has 0 amide bonds. The van der Waals surface area contributed by atoms with Crippen molar-refractivity contribution in [3.8, 4) is 5.75 Å². The molecule has 0 spiro atoms. The van der Waals surface area contributed by atoms with Gasteiger partial charge in [0, 0.05) is 17.2 Å². The van der Waals surface area contributed by atoms with E-state index in [0.717, 1.165) is 16.8 Å². The van der Waals surface area contributed by atoms with Crippen LogP contribution in [-0.2, 0) is 0 Å². The van der Waals surface area contributed by atoms with Crippen LogP contribution in [0.25, 0.3) is 0 Å². The van der Waals surface area contributed by atoms with Crippen LogP contribution in [0.2, 0.25) is 0 Å². The highest BCUT2D eigenvalue weighted by atomic mass is 35.5. The van der Waals surface area contributed by atoms with Crippen molar-refractivity contribution in [2.45, 2.75) is 26.7 Å². The lowest BCUT2D eigenvalue weighted by atomic mass is 9.99. The maximum Gasteiger partial charge on any atom is 0.180 e.